The largest absolute Gasteiger partial charge is 0.497 e. The van der Waals surface area contributed by atoms with Gasteiger partial charge in [0.15, 0.2) is 0 Å². The molecule has 24 heavy (non-hydrogen) atoms. The van der Waals surface area contributed by atoms with Crippen LogP contribution in [0.1, 0.15) is 50.7 Å². The molecule has 0 bridgehead atoms. The molecule has 0 amide bonds. The van der Waals surface area contributed by atoms with Crippen LogP contribution in [0.3, 0.4) is 0 Å². The van der Waals surface area contributed by atoms with Gasteiger partial charge in [0.05, 0.1) is 25.3 Å². The Hall–Kier alpha value is -2.04. The van der Waals surface area contributed by atoms with Crippen LogP contribution in [-0.2, 0) is 14.9 Å². The maximum Gasteiger partial charge on any atom is 0.311 e. The Morgan fingerprint density at radius 2 is 2.04 bits per heavy atom. The molecule has 1 fully saturated rings. The van der Waals surface area contributed by atoms with Gasteiger partial charge in [-0.2, -0.15) is 0 Å². The van der Waals surface area contributed by atoms with Crippen molar-refractivity contribution < 1.29 is 19.5 Å². The third-order valence-corrected chi connectivity index (χ3v) is 6.25. The van der Waals surface area contributed by atoms with Gasteiger partial charge in [-0.25, -0.2) is 0 Å². The molecule has 0 aromatic heterocycles. The maximum atomic E-state index is 12.6. The number of carbonyl (C=O) groups excluding carboxylic acids is 1. The molecule has 1 aromatic carbocycles. The average Bonchev–Trinajstić information content (AvgIpc) is 2.60. The van der Waals surface area contributed by atoms with Crippen molar-refractivity contribution in [1.82, 2.24) is 0 Å². The number of nitrogens with zero attached hydrogens (tertiary/aromatic N) is 1. The molecule has 3 rings (SSSR count). The zero-order chi connectivity index (χ0) is 17.5. The third-order valence-electron chi connectivity index (χ3n) is 6.25. The lowest BCUT2D eigenvalue weighted by Gasteiger charge is -2.53. The van der Waals surface area contributed by atoms with Gasteiger partial charge < -0.3 is 14.7 Å². The van der Waals surface area contributed by atoms with Crippen LogP contribution in [0.4, 0.5) is 0 Å². The number of oxime groups is 1. The minimum absolute atomic E-state index is 0.0247. The topological polar surface area (TPSA) is 68.1 Å². The first kappa shape index (κ1) is 16.8. The molecular weight excluding hydrogens is 306 g/mol. The Balaban J connectivity index is 2.20. The summed E-state index contributed by atoms with van der Waals surface area (Å²) in [6, 6.07) is 5.86. The Morgan fingerprint density at radius 1 is 1.29 bits per heavy atom. The molecule has 0 heterocycles. The fraction of sp³-hybridized carbons (Fsp3) is 0.579. The number of fused-ring (bicyclic) bond motifs is 3. The molecule has 0 saturated heterocycles. The van der Waals surface area contributed by atoms with E-state index in [-0.39, 0.29) is 17.3 Å². The monoisotopic (exact) mass is 331 g/mol. The lowest BCUT2D eigenvalue weighted by atomic mass is 9.49. The van der Waals surface area contributed by atoms with Crippen molar-refractivity contribution in [1.29, 1.82) is 0 Å². The zero-order valence-corrected chi connectivity index (χ0v) is 14.8. The number of hydrogen-bond donors (Lipinski definition) is 1. The summed E-state index contributed by atoms with van der Waals surface area (Å²) >= 11 is 0. The van der Waals surface area contributed by atoms with Crippen molar-refractivity contribution in [3.63, 3.8) is 0 Å². The summed E-state index contributed by atoms with van der Waals surface area (Å²) in [5.41, 5.74) is 1.91. The lowest BCUT2D eigenvalue weighted by Crippen LogP contribution is -2.53. The normalized spacial score (nSPS) is 33.5. The second kappa shape index (κ2) is 5.80. The van der Waals surface area contributed by atoms with Gasteiger partial charge >= 0.3 is 5.97 Å². The van der Waals surface area contributed by atoms with E-state index in [1.54, 1.807) is 7.11 Å². The highest BCUT2D eigenvalue weighted by Crippen LogP contribution is 2.58. The van der Waals surface area contributed by atoms with E-state index < -0.39 is 5.41 Å². The Labute approximate surface area is 142 Å². The van der Waals surface area contributed by atoms with E-state index in [0.717, 1.165) is 36.1 Å². The standard InChI is InChI=1S/C19H25NO4/c1-18-8-5-9-19(2,17(21)24-4)16(18)11-15(20-22)13-7-6-12(23-3)10-14(13)18/h6-7,10,16,22H,5,8-9,11H2,1-4H3/b20-15-. The molecule has 1 aromatic rings. The fourth-order valence-electron chi connectivity index (χ4n) is 4.90. The number of hydrogen-bond acceptors (Lipinski definition) is 5. The second-order valence-corrected chi connectivity index (χ2v) is 7.39. The molecular formula is C19H25NO4. The van der Waals surface area contributed by atoms with Gasteiger partial charge in [0.2, 0.25) is 0 Å². The van der Waals surface area contributed by atoms with E-state index in [2.05, 4.69) is 12.1 Å². The highest BCUT2D eigenvalue weighted by atomic mass is 16.5. The smallest absolute Gasteiger partial charge is 0.311 e. The molecule has 0 radical (unpaired) electrons. The average molecular weight is 331 g/mol. The Morgan fingerprint density at radius 3 is 2.67 bits per heavy atom. The van der Waals surface area contributed by atoms with E-state index in [1.807, 2.05) is 25.1 Å². The summed E-state index contributed by atoms with van der Waals surface area (Å²) in [4.78, 5) is 12.6. The summed E-state index contributed by atoms with van der Waals surface area (Å²) in [5, 5.41) is 13.1. The highest BCUT2D eigenvalue weighted by molar-refractivity contribution is 6.04. The molecule has 5 heteroatoms. The van der Waals surface area contributed by atoms with Gasteiger partial charge in [-0.05, 0) is 61.3 Å². The van der Waals surface area contributed by atoms with Gasteiger partial charge in [-0.3, -0.25) is 4.79 Å². The van der Waals surface area contributed by atoms with Gasteiger partial charge in [-0.15, -0.1) is 0 Å². The van der Waals surface area contributed by atoms with Crippen LogP contribution in [0, 0.1) is 11.3 Å². The predicted octanol–water partition coefficient (Wildman–Crippen LogP) is 3.51. The van der Waals surface area contributed by atoms with Crippen molar-refractivity contribution >= 4 is 11.7 Å². The Kier molecular flexibility index (Phi) is 4.06. The van der Waals surface area contributed by atoms with Crippen LogP contribution in [0.25, 0.3) is 0 Å². The van der Waals surface area contributed by atoms with E-state index >= 15 is 0 Å². The molecule has 5 nitrogen and oxygen atoms in total. The van der Waals surface area contributed by atoms with Gasteiger partial charge in [0.1, 0.15) is 5.75 Å². The molecule has 1 saturated carbocycles. The van der Waals surface area contributed by atoms with Crippen molar-refractivity contribution in [3.8, 4) is 5.75 Å². The first-order valence-electron chi connectivity index (χ1n) is 8.39. The summed E-state index contributed by atoms with van der Waals surface area (Å²) in [6.45, 7) is 4.20. The van der Waals surface area contributed by atoms with Crippen LogP contribution >= 0.6 is 0 Å². The van der Waals surface area contributed by atoms with Crippen molar-refractivity contribution in [2.75, 3.05) is 14.2 Å². The number of carbonyl (C=O) groups is 1. The minimum atomic E-state index is -0.585. The zero-order valence-electron chi connectivity index (χ0n) is 14.8. The molecule has 130 valence electrons. The Bertz CT molecular complexity index is 699. The van der Waals surface area contributed by atoms with Crippen LogP contribution < -0.4 is 4.74 Å². The van der Waals surface area contributed by atoms with Crippen LogP contribution in [0.2, 0.25) is 0 Å². The van der Waals surface area contributed by atoms with E-state index in [9.17, 15) is 10.0 Å². The number of methoxy groups -OCH3 is 2. The third kappa shape index (κ3) is 2.21. The van der Waals surface area contributed by atoms with Crippen molar-refractivity contribution in [3.05, 3.63) is 29.3 Å². The quantitative estimate of drug-likeness (QED) is 0.511. The number of ether oxygens (including phenoxy) is 2. The maximum absolute atomic E-state index is 12.6. The summed E-state index contributed by atoms with van der Waals surface area (Å²) in [7, 11) is 3.09. The lowest BCUT2D eigenvalue weighted by molar-refractivity contribution is -0.160. The molecule has 3 atom stereocenters. The van der Waals surface area contributed by atoms with E-state index in [1.165, 1.54) is 7.11 Å². The van der Waals surface area contributed by atoms with Crippen LogP contribution in [-0.4, -0.2) is 31.1 Å². The van der Waals surface area contributed by atoms with Crippen molar-refractivity contribution in [2.24, 2.45) is 16.5 Å². The minimum Gasteiger partial charge on any atom is -0.497 e. The van der Waals surface area contributed by atoms with E-state index in [4.69, 9.17) is 9.47 Å². The summed E-state index contributed by atoms with van der Waals surface area (Å²) in [6.07, 6.45) is 3.31. The molecule has 2 aliphatic carbocycles. The molecule has 1 N–H and O–H groups in total. The highest BCUT2D eigenvalue weighted by Gasteiger charge is 2.57. The molecule has 3 unspecified atom stereocenters. The first-order chi connectivity index (χ1) is 11.4. The van der Waals surface area contributed by atoms with Crippen LogP contribution in [0.15, 0.2) is 23.4 Å². The molecule has 0 spiro atoms. The number of esters is 1. The fourth-order valence-corrected chi connectivity index (χ4v) is 4.90. The van der Waals surface area contributed by atoms with Crippen molar-refractivity contribution in [2.45, 2.75) is 44.9 Å². The first-order valence-corrected chi connectivity index (χ1v) is 8.39. The SMILES string of the molecule is COC(=O)C1(C)CCCC2(C)c3cc(OC)ccc3/C(=N\O)CC12. The van der Waals surface area contributed by atoms with Gasteiger partial charge in [0.25, 0.3) is 0 Å². The number of rotatable bonds is 2. The molecule has 0 aliphatic heterocycles. The van der Waals surface area contributed by atoms with Crippen LogP contribution in [0.5, 0.6) is 5.75 Å². The molecule has 2 aliphatic rings. The van der Waals surface area contributed by atoms with E-state index in [0.29, 0.717) is 12.1 Å². The summed E-state index contributed by atoms with van der Waals surface area (Å²) < 4.78 is 10.5. The van der Waals surface area contributed by atoms with Gasteiger partial charge in [-0.1, -0.05) is 18.5 Å². The summed E-state index contributed by atoms with van der Waals surface area (Å²) in [5.74, 6) is 0.622. The van der Waals surface area contributed by atoms with Gasteiger partial charge in [0, 0.05) is 5.56 Å². The number of benzene rings is 1. The predicted molar refractivity (Wildman–Crippen MR) is 90.8 cm³/mol. The second-order valence-electron chi connectivity index (χ2n) is 7.39.